The first-order valence-electron chi connectivity index (χ1n) is 8.61. The van der Waals surface area contributed by atoms with Crippen LogP contribution in [0.5, 0.6) is 6.01 Å². The van der Waals surface area contributed by atoms with Gasteiger partial charge < -0.3 is 15.2 Å². The molecule has 2 aromatic carbocycles. The molecule has 1 aromatic heterocycles. The third kappa shape index (κ3) is 4.82. The molecule has 0 radical (unpaired) electrons. The van der Waals surface area contributed by atoms with Gasteiger partial charge in [0.15, 0.2) is 0 Å². The third-order valence-electron chi connectivity index (χ3n) is 4.13. The van der Waals surface area contributed by atoms with E-state index >= 15 is 0 Å². The highest BCUT2D eigenvalue weighted by Gasteiger charge is 2.10. The summed E-state index contributed by atoms with van der Waals surface area (Å²) in [7, 11) is 1.50. The smallest absolute Gasteiger partial charge is 0.335 e. The molecule has 0 aliphatic rings. The van der Waals surface area contributed by atoms with Crippen LogP contribution in [0.2, 0.25) is 0 Å². The molecule has 0 bridgehead atoms. The van der Waals surface area contributed by atoms with Crippen molar-refractivity contribution >= 4 is 11.8 Å². The molecule has 3 aromatic rings. The van der Waals surface area contributed by atoms with Crippen LogP contribution in [0.1, 0.15) is 21.5 Å². The first-order chi connectivity index (χ1) is 13.0. The van der Waals surface area contributed by atoms with Gasteiger partial charge in [-0.05, 0) is 31.0 Å². The standard InChI is InChI=1S/C21H21N3O3/c1-14-6-8-15(9-7-14)10-11-22-19-13-18(23-21(24-19)27-2)16-4-3-5-17(12-16)20(25)26/h3-9,12-13H,10-11H2,1-2H3,(H,25,26)(H,22,23,24). The van der Waals surface area contributed by atoms with E-state index in [1.807, 2.05) is 6.07 Å². The predicted octanol–water partition coefficient (Wildman–Crippen LogP) is 3.81. The Morgan fingerprint density at radius 1 is 1.11 bits per heavy atom. The summed E-state index contributed by atoms with van der Waals surface area (Å²) in [6, 6.07) is 17.1. The van der Waals surface area contributed by atoms with Crippen molar-refractivity contribution in [2.45, 2.75) is 13.3 Å². The van der Waals surface area contributed by atoms with E-state index in [-0.39, 0.29) is 11.6 Å². The van der Waals surface area contributed by atoms with Gasteiger partial charge in [-0.3, -0.25) is 0 Å². The molecule has 0 spiro atoms. The molecule has 0 saturated heterocycles. The first kappa shape index (κ1) is 18.4. The number of aryl methyl sites for hydroxylation is 1. The van der Waals surface area contributed by atoms with Gasteiger partial charge in [-0.1, -0.05) is 42.0 Å². The van der Waals surface area contributed by atoms with Gasteiger partial charge in [0.2, 0.25) is 0 Å². The highest BCUT2D eigenvalue weighted by molar-refractivity contribution is 5.89. The molecule has 0 amide bonds. The number of ether oxygens (including phenoxy) is 1. The fourth-order valence-electron chi connectivity index (χ4n) is 2.66. The molecule has 0 atom stereocenters. The van der Waals surface area contributed by atoms with Crippen LogP contribution in [0.3, 0.4) is 0 Å². The molecule has 1 heterocycles. The lowest BCUT2D eigenvalue weighted by Crippen LogP contribution is -2.08. The van der Waals surface area contributed by atoms with E-state index in [1.165, 1.54) is 18.2 Å². The molecule has 3 rings (SSSR count). The summed E-state index contributed by atoms with van der Waals surface area (Å²) in [4.78, 5) is 19.9. The Labute approximate surface area is 157 Å². The summed E-state index contributed by atoms with van der Waals surface area (Å²) in [5.74, 6) is -0.348. The van der Waals surface area contributed by atoms with Crippen LogP contribution < -0.4 is 10.1 Å². The van der Waals surface area contributed by atoms with E-state index in [9.17, 15) is 9.90 Å². The van der Waals surface area contributed by atoms with Crippen molar-refractivity contribution in [2.75, 3.05) is 19.0 Å². The van der Waals surface area contributed by atoms with E-state index in [0.717, 1.165) is 6.42 Å². The van der Waals surface area contributed by atoms with Crippen molar-refractivity contribution < 1.29 is 14.6 Å². The van der Waals surface area contributed by atoms with Gasteiger partial charge >= 0.3 is 12.0 Å². The second-order valence-electron chi connectivity index (χ2n) is 6.17. The minimum atomic E-state index is -0.977. The lowest BCUT2D eigenvalue weighted by atomic mass is 10.1. The first-order valence-corrected chi connectivity index (χ1v) is 8.61. The molecule has 0 aliphatic heterocycles. The Morgan fingerprint density at radius 3 is 2.59 bits per heavy atom. The second-order valence-corrected chi connectivity index (χ2v) is 6.17. The molecule has 0 fully saturated rings. The molecule has 0 aliphatic carbocycles. The minimum Gasteiger partial charge on any atom is -0.478 e. The van der Waals surface area contributed by atoms with Gasteiger partial charge in [0.25, 0.3) is 0 Å². The molecule has 6 heteroatoms. The molecule has 0 saturated carbocycles. The van der Waals surface area contributed by atoms with Gasteiger partial charge in [-0.15, -0.1) is 0 Å². The van der Waals surface area contributed by atoms with Crippen molar-refractivity contribution in [3.8, 4) is 17.3 Å². The fraction of sp³-hybridized carbons (Fsp3) is 0.190. The summed E-state index contributed by atoms with van der Waals surface area (Å²) < 4.78 is 5.19. The number of carboxylic acids is 1. The lowest BCUT2D eigenvalue weighted by molar-refractivity contribution is 0.0697. The van der Waals surface area contributed by atoms with Crippen LogP contribution in [0.25, 0.3) is 11.3 Å². The molecular weight excluding hydrogens is 342 g/mol. The van der Waals surface area contributed by atoms with Crippen LogP contribution >= 0.6 is 0 Å². The zero-order valence-corrected chi connectivity index (χ0v) is 15.3. The van der Waals surface area contributed by atoms with Crippen LogP contribution in [-0.4, -0.2) is 34.7 Å². The number of nitrogens with one attached hydrogen (secondary N) is 1. The summed E-state index contributed by atoms with van der Waals surface area (Å²) in [6.45, 7) is 2.77. The van der Waals surface area contributed by atoms with Crippen molar-refractivity contribution in [3.05, 3.63) is 71.3 Å². The average molecular weight is 363 g/mol. The lowest BCUT2D eigenvalue weighted by Gasteiger charge is -2.10. The quantitative estimate of drug-likeness (QED) is 0.664. The van der Waals surface area contributed by atoms with E-state index in [2.05, 4.69) is 46.5 Å². The number of carbonyl (C=O) groups is 1. The van der Waals surface area contributed by atoms with E-state index < -0.39 is 5.97 Å². The SMILES string of the molecule is COc1nc(NCCc2ccc(C)cc2)cc(-c2cccc(C(=O)O)c2)n1. The van der Waals surface area contributed by atoms with Crippen molar-refractivity contribution in [1.29, 1.82) is 0 Å². The normalized spacial score (nSPS) is 10.4. The Hall–Kier alpha value is -3.41. The van der Waals surface area contributed by atoms with Crippen molar-refractivity contribution in [2.24, 2.45) is 0 Å². The Bertz CT molecular complexity index is 940. The van der Waals surface area contributed by atoms with Gasteiger partial charge in [-0.25, -0.2) is 4.79 Å². The minimum absolute atomic E-state index is 0.207. The highest BCUT2D eigenvalue weighted by Crippen LogP contribution is 2.23. The molecule has 138 valence electrons. The Balaban J connectivity index is 1.78. The topological polar surface area (TPSA) is 84.3 Å². The van der Waals surface area contributed by atoms with Crippen molar-refractivity contribution in [3.63, 3.8) is 0 Å². The zero-order chi connectivity index (χ0) is 19.2. The van der Waals surface area contributed by atoms with Gasteiger partial charge in [0, 0.05) is 18.2 Å². The molecule has 0 unspecified atom stereocenters. The maximum absolute atomic E-state index is 11.2. The van der Waals surface area contributed by atoms with E-state index in [4.69, 9.17) is 4.74 Å². The maximum atomic E-state index is 11.2. The average Bonchev–Trinajstić information content (AvgIpc) is 2.69. The number of hydrogen-bond donors (Lipinski definition) is 2. The van der Waals surface area contributed by atoms with Gasteiger partial charge in [0.1, 0.15) is 5.82 Å². The molecule has 6 nitrogen and oxygen atoms in total. The summed E-state index contributed by atoms with van der Waals surface area (Å²) >= 11 is 0. The number of hydrogen-bond acceptors (Lipinski definition) is 5. The molecule has 27 heavy (non-hydrogen) atoms. The summed E-state index contributed by atoms with van der Waals surface area (Å²) in [6.07, 6.45) is 0.858. The molecular formula is C21H21N3O3. The number of methoxy groups -OCH3 is 1. The van der Waals surface area contributed by atoms with Crippen LogP contribution in [-0.2, 0) is 6.42 Å². The van der Waals surface area contributed by atoms with Crippen LogP contribution in [0, 0.1) is 6.92 Å². The summed E-state index contributed by atoms with van der Waals surface area (Å²) in [5, 5.41) is 12.5. The number of benzene rings is 2. The van der Waals surface area contributed by atoms with Crippen LogP contribution in [0.15, 0.2) is 54.6 Å². The maximum Gasteiger partial charge on any atom is 0.335 e. The van der Waals surface area contributed by atoms with E-state index in [1.54, 1.807) is 24.3 Å². The number of carboxylic acid groups (broad SMARTS) is 1. The highest BCUT2D eigenvalue weighted by atomic mass is 16.5. The number of aromatic nitrogens is 2. The van der Waals surface area contributed by atoms with Gasteiger partial charge in [-0.2, -0.15) is 9.97 Å². The Kier molecular flexibility index (Phi) is 5.66. The Morgan fingerprint density at radius 2 is 1.89 bits per heavy atom. The van der Waals surface area contributed by atoms with Crippen molar-refractivity contribution in [1.82, 2.24) is 9.97 Å². The van der Waals surface area contributed by atoms with Gasteiger partial charge in [0.05, 0.1) is 18.4 Å². The monoisotopic (exact) mass is 363 g/mol. The molecule has 2 N–H and O–H groups in total. The van der Waals surface area contributed by atoms with Crippen LogP contribution in [0.4, 0.5) is 5.82 Å². The number of rotatable bonds is 7. The number of aromatic carboxylic acids is 1. The number of nitrogens with zero attached hydrogens (tertiary/aromatic N) is 2. The summed E-state index contributed by atoms with van der Waals surface area (Å²) in [5.41, 5.74) is 3.97. The van der Waals surface area contributed by atoms with E-state index in [0.29, 0.717) is 23.6 Å². The number of anilines is 1. The second kappa shape index (κ2) is 8.31. The fourth-order valence-corrected chi connectivity index (χ4v) is 2.66. The third-order valence-corrected chi connectivity index (χ3v) is 4.13. The predicted molar refractivity (Wildman–Crippen MR) is 104 cm³/mol. The largest absolute Gasteiger partial charge is 0.478 e. The zero-order valence-electron chi connectivity index (χ0n) is 15.3.